The van der Waals surface area contributed by atoms with Gasteiger partial charge in [0.15, 0.2) is 0 Å². The third-order valence-electron chi connectivity index (χ3n) is 3.02. The number of H-pyrrole nitrogens is 1. The van der Waals surface area contributed by atoms with Gasteiger partial charge in [-0.2, -0.15) is 0 Å². The molecule has 5 nitrogen and oxygen atoms in total. The Kier molecular flexibility index (Phi) is 4.14. The highest BCUT2D eigenvalue weighted by Crippen LogP contribution is 2.17. The highest BCUT2D eigenvalue weighted by molar-refractivity contribution is 5.76. The highest BCUT2D eigenvalue weighted by Gasteiger charge is 2.17. The Bertz CT molecular complexity index is 345. The lowest BCUT2D eigenvalue weighted by Crippen LogP contribution is -2.28. The molecule has 0 saturated carbocycles. The van der Waals surface area contributed by atoms with Crippen LogP contribution < -0.4 is 5.32 Å². The van der Waals surface area contributed by atoms with Crippen molar-refractivity contribution in [1.29, 1.82) is 0 Å². The van der Waals surface area contributed by atoms with Crippen LogP contribution in [0.4, 0.5) is 0 Å². The van der Waals surface area contributed by atoms with Crippen molar-refractivity contribution in [3.63, 3.8) is 0 Å². The van der Waals surface area contributed by atoms with E-state index < -0.39 is 0 Å². The number of rotatable bonds is 5. The van der Waals surface area contributed by atoms with Crippen LogP contribution in [0.25, 0.3) is 0 Å². The van der Waals surface area contributed by atoms with Crippen molar-refractivity contribution in [1.82, 2.24) is 15.3 Å². The second-order valence-corrected chi connectivity index (χ2v) is 4.44. The Balaban J connectivity index is 1.69. The van der Waals surface area contributed by atoms with Gasteiger partial charge in [0.05, 0.1) is 12.1 Å². The summed E-state index contributed by atoms with van der Waals surface area (Å²) in [6.45, 7) is 2.76. The summed E-state index contributed by atoms with van der Waals surface area (Å²) in [5.41, 5.74) is 0. The summed E-state index contributed by atoms with van der Waals surface area (Å²) < 4.78 is 5.48. The van der Waals surface area contributed by atoms with E-state index in [-0.39, 0.29) is 18.1 Å². The van der Waals surface area contributed by atoms with Crippen molar-refractivity contribution in [2.45, 2.75) is 44.8 Å². The predicted octanol–water partition coefficient (Wildman–Crippen LogP) is 1.55. The molecule has 2 N–H and O–H groups in total. The first-order chi connectivity index (χ1) is 8.25. The van der Waals surface area contributed by atoms with E-state index in [2.05, 4.69) is 15.3 Å². The lowest BCUT2D eigenvalue weighted by atomic mass is 10.1. The number of carbonyl (C=O) groups excluding carboxylic acids is 1. The quantitative estimate of drug-likeness (QED) is 0.816. The minimum atomic E-state index is -0.0676. The Morgan fingerprint density at radius 1 is 1.76 bits per heavy atom. The molecule has 5 heteroatoms. The van der Waals surface area contributed by atoms with E-state index in [1.54, 1.807) is 12.4 Å². The van der Waals surface area contributed by atoms with Crippen molar-refractivity contribution in [2.75, 3.05) is 6.61 Å². The molecular formula is C12H19N3O2. The van der Waals surface area contributed by atoms with Crippen LogP contribution in [0.5, 0.6) is 0 Å². The normalized spacial score (nSPS) is 21.4. The summed E-state index contributed by atoms with van der Waals surface area (Å²) in [5.74, 6) is 0.847. The molecule has 1 aromatic rings. The molecule has 2 atom stereocenters. The second kappa shape index (κ2) is 5.82. The van der Waals surface area contributed by atoms with Crippen molar-refractivity contribution < 1.29 is 9.53 Å². The molecule has 1 amide bonds. The SMILES string of the molecule is CC(NC(=O)CCC1CCCO1)c1ncc[nH]1. The smallest absolute Gasteiger partial charge is 0.220 e. The monoisotopic (exact) mass is 237 g/mol. The molecule has 0 aromatic carbocycles. The molecule has 2 unspecified atom stereocenters. The molecule has 17 heavy (non-hydrogen) atoms. The zero-order valence-corrected chi connectivity index (χ0v) is 10.1. The third kappa shape index (κ3) is 3.56. The van der Waals surface area contributed by atoms with Gasteiger partial charge in [0.2, 0.25) is 5.91 Å². The second-order valence-electron chi connectivity index (χ2n) is 4.44. The van der Waals surface area contributed by atoms with Crippen LogP contribution in [-0.4, -0.2) is 28.6 Å². The maximum Gasteiger partial charge on any atom is 0.220 e. The van der Waals surface area contributed by atoms with Gasteiger partial charge in [-0.3, -0.25) is 4.79 Å². The first-order valence-corrected chi connectivity index (χ1v) is 6.16. The van der Waals surface area contributed by atoms with Crippen LogP contribution in [0.2, 0.25) is 0 Å². The standard InChI is InChI=1S/C12H19N3O2/c1-9(12-13-6-7-14-12)15-11(16)5-4-10-3-2-8-17-10/h6-7,9-10H,2-5,8H2,1H3,(H,13,14)(H,15,16). The number of nitrogens with one attached hydrogen (secondary N) is 2. The zero-order chi connectivity index (χ0) is 12.1. The molecule has 1 fully saturated rings. The van der Waals surface area contributed by atoms with E-state index in [1.807, 2.05) is 6.92 Å². The first kappa shape index (κ1) is 12.1. The summed E-state index contributed by atoms with van der Waals surface area (Å²) in [5, 5.41) is 2.92. The van der Waals surface area contributed by atoms with E-state index in [0.29, 0.717) is 6.42 Å². The maximum atomic E-state index is 11.7. The van der Waals surface area contributed by atoms with Crippen LogP contribution >= 0.6 is 0 Å². The summed E-state index contributed by atoms with van der Waals surface area (Å²) in [4.78, 5) is 18.8. The van der Waals surface area contributed by atoms with Crippen molar-refractivity contribution in [3.05, 3.63) is 18.2 Å². The molecular weight excluding hydrogens is 218 g/mol. The summed E-state index contributed by atoms with van der Waals surface area (Å²) in [6.07, 6.45) is 7.26. The number of amides is 1. The highest BCUT2D eigenvalue weighted by atomic mass is 16.5. The molecule has 1 saturated heterocycles. The largest absolute Gasteiger partial charge is 0.378 e. The Labute approximate surface area is 101 Å². The molecule has 1 aliphatic rings. The van der Waals surface area contributed by atoms with Crippen LogP contribution in [0.1, 0.15) is 44.5 Å². The number of carbonyl (C=O) groups is 1. The summed E-state index contributed by atoms with van der Waals surface area (Å²) in [6, 6.07) is -0.0676. The minimum absolute atomic E-state index is 0.0596. The minimum Gasteiger partial charge on any atom is -0.378 e. The van der Waals surface area contributed by atoms with Crippen LogP contribution in [-0.2, 0) is 9.53 Å². The molecule has 0 aliphatic carbocycles. The van der Waals surface area contributed by atoms with Gasteiger partial charge in [-0.05, 0) is 26.2 Å². The fourth-order valence-electron chi connectivity index (χ4n) is 2.06. The van der Waals surface area contributed by atoms with E-state index in [4.69, 9.17) is 4.74 Å². The molecule has 2 heterocycles. The fraction of sp³-hybridized carbons (Fsp3) is 0.667. The molecule has 0 radical (unpaired) electrons. The average molecular weight is 237 g/mol. The van der Waals surface area contributed by atoms with Gasteiger partial charge in [0, 0.05) is 25.4 Å². The Morgan fingerprint density at radius 3 is 3.29 bits per heavy atom. The number of nitrogens with zero attached hydrogens (tertiary/aromatic N) is 1. The maximum absolute atomic E-state index is 11.7. The Hall–Kier alpha value is -1.36. The van der Waals surface area contributed by atoms with E-state index in [9.17, 15) is 4.79 Å². The lowest BCUT2D eigenvalue weighted by Gasteiger charge is -2.13. The first-order valence-electron chi connectivity index (χ1n) is 6.16. The number of aromatic amines is 1. The van der Waals surface area contributed by atoms with Gasteiger partial charge < -0.3 is 15.0 Å². The number of aromatic nitrogens is 2. The van der Waals surface area contributed by atoms with Gasteiger partial charge in [0.25, 0.3) is 0 Å². The molecule has 1 aromatic heterocycles. The van der Waals surface area contributed by atoms with E-state index in [1.165, 1.54) is 0 Å². The Morgan fingerprint density at radius 2 is 2.65 bits per heavy atom. The molecule has 0 spiro atoms. The topological polar surface area (TPSA) is 67.0 Å². The van der Waals surface area contributed by atoms with Gasteiger partial charge in [-0.15, -0.1) is 0 Å². The van der Waals surface area contributed by atoms with Crippen molar-refractivity contribution in [2.24, 2.45) is 0 Å². The molecule has 1 aliphatic heterocycles. The van der Waals surface area contributed by atoms with Gasteiger partial charge in [-0.25, -0.2) is 4.98 Å². The van der Waals surface area contributed by atoms with E-state index >= 15 is 0 Å². The number of ether oxygens (including phenoxy) is 1. The molecule has 2 rings (SSSR count). The summed E-state index contributed by atoms with van der Waals surface area (Å²) >= 11 is 0. The van der Waals surface area contributed by atoms with E-state index in [0.717, 1.165) is 31.7 Å². The van der Waals surface area contributed by atoms with Crippen molar-refractivity contribution in [3.8, 4) is 0 Å². The number of hydrogen-bond acceptors (Lipinski definition) is 3. The third-order valence-corrected chi connectivity index (χ3v) is 3.02. The predicted molar refractivity (Wildman–Crippen MR) is 63.4 cm³/mol. The fourth-order valence-corrected chi connectivity index (χ4v) is 2.06. The average Bonchev–Trinajstić information content (AvgIpc) is 2.99. The number of imidazole rings is 1. The van der Waals surface area contributed by atoms with Crippen LogP contribution in [0.15, 0.2) is 12.4 Å². The molecule has 0 bridgehead atoms. The van der Waals surface area contributed by atoms with Gasteiger partial charge >= 0.3 is 0 Å². The lowest BCUT2D eigenvalue weighted by molar-refractivity contribution is -0.122. The zero-order valence-electron chi connectivity index (χ0n) is 10.1. The van der Waals surface area contributed by atoms with Crippen LogP contribution in [0.3, 0.4) is 0 Å². The van der Waals surface area contributed by atoms with Gasteiger partial charge in [0.1, 0.15) is 5.82 Å². The molecule has 94 valence electrons. The number of hydrogen-bond donors (Lipinski definition) is 2. The summed E-state index contributed by atoms with van der Waals surface area (Å²) in [7, 11) is 0. The van der Waals surface area contributed by atoms with Crippen molar-refractivity contribution >= 4 is 5.91 Å². The van der Waals surface area contributed by atoms with Gasteiger partial charge in [-0.1, -0.05) is 0 Å². The van der Waals surface area contributed by atoms with Crippen LogP contribution in [0, 0.1) is 0 Å².